The van der Waals surface area contributed by atoms with Gasteiger partial charge in [-0.2, -0.15) is 0 Å². The Hall–Kier alpha value is -2.13. The molecule has 3 nitrogen and oxygen atoms in total. The second kappa shape index (κ2) is 4.27. The van der Waals surface area contributed by atoms with Crippen molar-refractivity contribution < 1.29 is 0 Å². The van der Waals surface area contributed by atoms with Gasteiger partial charge in [-0.1, -0.05) is 29.8 Å². The normalized spacial score (nSPS) is 10.7. The van der Waals surface area contributed by atoms with E-state index < -0.39 is 0 Å². The lowest BCUT2D eigenvalue weighted by Crippen LogP contribution is -2.18. The van der Waals surface area contributed by atoms with Gasteiger partial charge in [-0.15, -0.1) is 0 Å². The van der Waals surface area contributed by atoms with Crippen LogP contribution in [0, 0.1) is 5.41 Å². The second-order valence-corrected chi connectivity index (χ2v) is 4.40. The van der Waals surface area contributed by atoms with Crippen LogP contribution in [-0.2, 0) is 0 Å². The molecule has 0 saturated heterocycles. The molecule has 0 fully saturated rings. The van der Waals surface area contributed by atoms with Crippen LogP contribution in [0.15, 0.2) is 54.9 Å². The number of rotatable bonds is 1. The quantitative estimate of drug-likeness (QED) is 0.713. The summed E-state index contributed by atoms with van der Waals surface area (Å²) < 4.78 is 1.72. The van der Waals surface area contributed by atoms with Gasteiger partial charge in [-0.05, 0) is 30.3 Å². The summed E-state index contributed by atoms with van der Waals surface area (Å²) in [6, 6.07) is 15.0. The molecule has 3 rings (SSSR count). The molecule has 0 bridgehead atoms. The summed E-state index contributed by atoms with van der Waals surface area (Å²) in [7, 11) is 0. The van der Waals surface area contributed by atoms with Crippen molar-refractivity contribution >= 4 is 22.5 Å². The number of hydrogen-bond acceptors (Lipinski definition) is 2. The topological polar surface area (TPSA) is 41.7 Å². The van der Waals surface area contributed by atoms with Crippen LogP contribution in [0.5, 0.6) is 0 Å². The molecule has 0 aliphatic rings. The van der Waals surface area contributed by atoms with Crippen LogP contribution in [0.3, 0.4) is 0 Å². The van der Waals surface area contributed by atoms with Crippen molar-refractivity contribution in [2.75, 3.05) is 0 Å². The molecule has 1 heterocycles. The van der Waals surface area contributed by atoms with Gasteiger partial charge in [0.1, 0.15) is 11.8 Å². The smallest absolute Gasteiger partial charge is 0.140 e. The Morgan fingerprint density at radius 2 is 1.89 bits per heavy atom. The fourth-order valence-corrected chi connectivity index (χ4v) is 2.10. The molecule has 2 aromatic carbocycles. The van der Waals surface area contributed by atoms with Crippen LogP contribution >= 0.6 is 11.6 Å². The minimum Gasteiger partial charge on any atom is -0.285 e. The molecule has 88 valence electrons. The van der Waals surface area contributed by atoms with E-state index in [1.54, 1.807) is 10.9 Å². The van der Waals surface area contributed by atoms with Crippen molar-refractivity contribution in [1.82, 2.24) is 9.55 Å². The van der Waals surface area contributed by atoms with Crippen molar-refractivity contribution in [1.29, 1.82) is 5.41 Å². The van der Waals surface area contributed by atoms with E-state index >= 15 is 0 Å². The number of nitrogens with one attached hydrogen (secondary N) is 1. The van der Waals surface area contributed by atoms with Gasteiger partial charge in [0.05, 0.1) is 5.52 Å². The molecule has 1 aromatic heterocycles. The maximum atomic E-state index is 8.23. The van der Waals surface area contributed by atoms with E-state index in [2.05, 4.69) is 4.98 Å². The van der Waals surface area contributed by atoms with E-state index in [4.69, 9.17) is 17.0 Å². The highest BCUT2D eigenvalue weighted by Crippen LogP contribution is 2.14. The molecular weight excluding hydrogens is 246 g/mol. The van der Waals surface area contributed by atoms with Crippen LogP contribution < -0.4 is 5.49 Å². The lowest BCUT2D eigenvalue weighted by Gasteiger charge is -2.08. The first kappa shape index (κ1) is 11.0. The predicted molar refractivity (Wildman–Crippen MR) is 71.9 cm³/mol. The fourth-order valence-electron chi connectivity index (χ4n) is 1.92. The zero-order valence-electron chi connectivity index (χ0n) is 9.47. The first-order valence-electron chi connectivity index (χ1n) is 5.52. The van der Waals surface area contributed by atoms with E-state index in [-0.39, 0.29) is 0 Å². The molecule has 0 spiro atoms. The highest BCUT2D eigenvalue weighted by molar-refractivity contribution is 6.30. The monoisotopic (exact) mass is 255 g/mol. The lowest BCUT2D eigenvalue weighted by atomic mass is 10.2. The SMILES string of the molecule is N=c1c2ccccc2ncn1-c1cccc(Cl)c1. The molecule has 0 atom stereocenters. The summed E-state index contributed by atoms with van der Waals surface area (Å²) in [5.41, 5.74) is 2.06. The van der Waals surface area contributed by atoms with Gasteiger partial charge in [0.15, 0.2) is 0 Å². The third-order valence-corrected chi connectivity index (χ3v) is 3.03. The third kappa shape index (κ3) is 1.79. The number of aromatic nitrogens is 2. The number of fused-ring (bicyclic) bond motifs is 1. The molecule has 0 amide bonds. The molecule has 0 saturated carbocycles. The van der Waals surface area contributed by atoms with Crippen molar-refractivity contribution in [3.8, 4) is 5.69 Å². The summed E-state index contributed by atoms with van der Waals surface area (Å²) in [5.74, 6) is 0. The fraction of sp³-hybridized carbons (Fsp3) is 0. The molecule has 0 aliphatic carbocycles. The highest BCUT2D eigenvalue weighted by Gasteiger charge is 2.02. The van der Waals surface area contributed by atoms with E-state index in [9.17, 15) is 0 Å². The van der Waals surface area contributed by atoms with Gasteiger partial charge in [-0.25, -0.2) is 4.98 Å². The zero-order valence-corrected chi connectivity index (χ0v) is 10.2. The van der Waals surface area contributed by atoms with Crippen molar-refractivity contribution in [3.05, 3.63) is 65.4 Å². The van der Waals surface area contributed by atoms with Gasteiger partial charge >= 0.3 is 0 Å². The predicted octanol–water partition coefficient (Wildman–Crippen LogP) is 3.16. The Morgan fingerprint density at radius 1 is 1.06 bits per heavy atom. The van der Waals surface area contributed by atoms with Crippen LogP contribution in [-0.4, -0.2) is 9.55 Å². The van der Waals surface area contributed by atoms with E-state index in [0.717, 1.165) is 16.6 Å². The minimum atomic E-state index is 0.405. The Kier molecular flexibility index (Phi) is 2.61. The summed E-state index contributed by atoms with van der Waals surface area (Å²) in [6.07, 6.45) is 1.65. The van der Waals surface area contributed by atoms with Gasteiger partial charge in [-0.3, -0.25) is 9.98 Å². The van der Waals surface area contributed by atoms with Crippen LogP contribution in [0.2, 0.25) is 5.02 Å². The standard InChI is InChI=1S/C14H10ClN3/c15-10-4-3-5-11(8-10)18-9-17-13-7-2-1-6-12(13)14(18)16/h1-9,16H. The lowest BCUT2D eigenvalue weighted by molar-refractivity contribution is 0.911. The third-order valence-electron chi connectivity index (χ3n) is 2.80. The Bertz CT molecular complexity index is 777. The Balaban J connectivity index is 2.31. The molecule has 0 aliphatic heterocycles. The molecule has 0 unspecified atom stereocenters. The highest BCUT2D eigenvalue weighted by atomic mass is 35.5. The van der Waals surface area contributed by atoms with Crippen molar-refractivity contribution in [2.45, 2.75) is 0 Å². The Labute approximate surface area is 109 Å². The van der Waals surface area contributed by atoms with Crippen molar-refractivity contribution in [2.24, 2.45) is 0 Å². The van der Waals surface area contributed by atoms with Crippen LogP contribution in [0.1, 0.15) is 0 Å². The Morgan fingerprint density at radius 3 is 2.72 bits per heavy atom. The minimum absolute atomic E-state index is 0.405. The molecular formula is C14H10ClN3. The maximum Gasteiger partial charge on any atom is 0.140 e. The van der Waals surface area contributed by atoms with Gasteiger partial charge in [0, 0.05) is 16.1 Å². The number of nitrogens with zero attached hydrogens (tertiary/aromatic N) is 2. The van der Waals surface area contributed by atoms with E-state index in [1.165, 1.54) is 0 Å². The van der Waals surface area contributed by atoms with E-state index in [1.807, 2.05) is 48.5 Å². The average Bonchev–Trinajstić information content (AvgIpc) is 2.39. The first-order chi connectivity index (χ1) is 8.75. The molecule has 1 N–H and O–H groups in total. The summed E-state index contributed by atoms with van der Waals surface area (Å²) in [4.78, 5) is 4.35. The average molecular weight is 256 g/mol. The number of benzene rings is 2. The number of para-hydroxylation sites is 1. The molecule has 0 radical (unpaired) electrons. The number of halogens is 1. The zero-order chi connectivity index (χ0) is 12.5. The summed E-state index contributed by atoms with van der Waals surface area (Å²) in [6.45, 7) is 0. The van der Waals surface area contributed by atoms with Crippen LogP contribution in [0.4, 0.5) is 0 Å². The second-order valence-electron chi connectivity index (χ2n) is 3.96. The van der Waals surface area contributed by atoms with Crippen molar-refractivity contribution in [3.63, 3.8) is 0 Å². The molecule has 3 aromatic rings. The van der Waals surface area contributed by atoms with Crippen LogP contribution in [0.25, 0.3) is 16.6 Å². The largest absolute Gasteiger partial charge is 0.285 e. The first-order valence-corrected chi connectivity index (χ1v) is 5.90. The summed E-state index contributed by atoms with van der Waals surface area (Å²) in [5, 5.41) is 9.69. The number of hydrogen-bond donors (Lipinski definition) is 1. The molecule has 18 heavy (non-hydrogen) atoms. The summed E-state index contributed by atoms with van der Waals surface area (Å²) >= 11 is 5.97. The van der Waals surface area contributed by atoms with E-state index in [0.29, 0.717) is 10.5 Å². The van der Waals surface area contributed by atoms with Gasteiger partial charge < -0.3 is 0 Å². The maximum absolute atomic E-state index is 8.23. The van der Waals surface area contributed by atoms with Gasteiger partial charge in [0.25, 0.3) is 0 Å². The van der Waals surface area contributed by atoms with Gasteiger partial charge in [0.2, 0.25) is 0 Å². The molecule has 4 heteroatoms.